The lowest BCUT2D eigenvalue weighted by Crippen LogP contribution is -2.10. The number of nitrogens with one attached hydrogen (secondary N) is 1. The van der Waals surface area contributed by atoms with Crippen LogP contribution in [0.4, 0.5) is 5.95 Å². The lowest BCUT2D eigenvalue weighted by Gasteiger charge is -2.04. The fourth-order valence-corrected chi connectivity index (χ4v) is 1.45. The van der Waals surface area contributed by atoms with E-state index >= 15 is 0 Å². The smallest absolute Gasteiger partial charge is 0.222 e. The minimum Gasteiger partial charge on any atom is -0.354 e. The number of halogens is 1. The molecule has 1 N–H and O–H groups in total. The molecule has 0 bridgehead atoms. The summed E-state index contributed by atoms with van der Waals surface area (Å²) in [5, 5.41) is 7.75. The maximum absolute atomic E-state index is 5.68. The van der Waals surface area contributed by atoms with Gasteiger partial charge in [-0.1, -0.05) is 11.6 Å². The summed E-state index contributed by atoms with van der Waals surface area (Å²) in [4.78, 5) is 8.09. The van der Waals surface area contributed by atoms with Gasteiger partial charge in [0.1, 0.15) is 0 Å². The molecule has 0 saturated heterocycles. The number of aromatic nitrogens is 4. The molecule has 0 unspecified atom stereocenters. The van der Waals surface area contributed by atoms with E-state index in [1.165, 1.54) is 5.69 Å². The van der Waals surface area contributed by atoms with Crippen LogP contribution >= 0.6 is 11.6 Å². The summed E-state index contributed by atoms with van der Waals surface area (Å²) >= 11 is 5.68. The molecule has 0 fully saturated rings. The Balaban J connectivity index is 1.84. The number of anilines is 1. The van der Waals surface area contributed by atoms with Crippen LogP contribution in [-0.4, -0.2) is 26.3 Å². The molecule has 0 amide bonds. The monoisotopic (exact) mass is 237 g/mol. The first-order valence-electron chi connectivity index (χ1n) is 4.94. The van der Waals surface area contributed by atoms with Crippen molar-refractivity contribution in [3.63, 3.8) is 0 Å². The maximum atomic E-state index is 5.68. The van der Waals surface area contributed by atoms with Crippen LogP contribution in [0.25, 0.3) is 0 Å². The van der Waals surface area contributed by atoms with E-state index in [4.69, 9.17) is 11.6 Å². The largest absolute Gasteiger partial charge is 0.354 e. The molecule has 0 aromatic carbocycles. The van der Waals surface area contributed by atoms with Crippen molar-refractivity contribution in [2.45, 2.75) is 6.42 Å². The van der Waals surface area contributed by atoms with Crippen molar-refractivity contribution in [2.75, 3.05) is 11.9 Å². The minimum atomic E-state index is 0.539. The van der Waals surface area contributed by atoms with E-state index < -0.39 is 0 Å². The van der Waals surface area contributed by atoms with Gasteiger partial charge in [-0.15, -0.1) is 0 Å². The second-order valence-corrected chi connectivity index (χ2v) is 3.78. The maximum Gasteiger partial charge on any atom is 0.222 e. The predicted octanol–water partition coefficient (Wildman–Crippen LogP) is 1.52. The van der Waals surface area contributed by atoms with Crippen molar-refractivity contribution in [1.82, 2.24) is 19.7 Å². The Morgan fingerprint density at radius 1 is 1.38 bits per heavy atom. The molecule has 0 saturated carbocycles. The van der Waals surface area contributed by atoms with E-state index in [9.17, 15) is 0 Å². The summed E-state index contributed by atoms with van der Waals surface area (Å²) < 4.78 is 1.85. The topological polar surface area (TPSA) is 55.6 Å². The predicted molar refractivity (Wildman–Crippen MR) is 62.4 cm³/mol. The van der Waals surface area contributed by atoms with Crippen LogP contribution in [0.1, 0.15) is 5.69 Å². The lowest BCUT2D eigenvalue weighted by molar-refractivity contribution is 0.710. The number of hydrogen-bond donors (Lipinski definition) is 1. The normalized spacial score (nSPS) is 10.4. The van der Waals surface area contributed by atoms with E-state index in [1.54, 1.807) is 18.6 Å². The molecule has 0 spiro atoms. The van der Waals surface area contributed by atoms with Gasteiger partial charge in [0.2, 0.25) is 5.95 Å². The number of hydrogen-bond acceptors (Lipinski definition) is 4. The van der Waals surface area contributed by atoms with Crippen LogP contribution in [0.3, 0.4) is 0 Å². The van der Waals surface area contributed by atoms with Gasteiger partial charge in [-0.25, -0.2) is 9.97 Å². The van der Waals surface area contributed by atoms with Gasteiger partial charge < -0.3 is 5.32 Å². The van der Waals surface area contributed by atoms with E-state index in [0.717, 1.165) is 13.0 Å². The van der Waals surface area contributed by atoms with Gasteiger partial charge in [0.15, 0.2) is 0 Å². The van der Waals surface area contributed by atoms with Crippen molar-refractivity contribution in [1.29, 1.82) is 0 Å². The zero-order chi connectivity index (χ0) is 11.4. The second-order valence-electron chi connectivity index (χ2n) is 3.35. The Kier molecular flexibility index (Phi) is 3.36. The van der Waals surface area contributed by atoms with Gasteiger partial charge in [-0.3, -0.25) is 4.68 Å². The van der Waals surface area contributed by atoms with Crippen LogP contribution in [0.5, 0.6) is 0 Å². The minimum absolute atomic E-state index is 0.539. The van der Waals surface area contributed by atoms with Crippen LogP contribution in [-0.2, 0) is 13.5 Å². The molecule has 0 aliphatic rings. The molecular weight excluding hydrogens is 226 g/mol. The Morgan fingerprint density at radius 2 is 2.12 bits per heavy atom. The zero-order valence-corrected chi connectivity index (χ0v) is 9.65. The van der Waals surface area contributed by atoms with Crippen molar-refractivity contribution >= 4 is 17.5 Å². The SMILES string of the molecule is Cn1nccc1CCNc1ncc(Cl)cn1. The van der Waals surface area contributed by atoms with Crippen LogP contribution in [0, 0.1) is 0 Å². The molecule has 16 heavy (non-hydrogen) atoms. The van der Waals surface area contributed by atoms with Gasteiger partial charge in [0, 0.05) is 31.9 Å². The third-order valence-electron chi connectivity index (χ3n) is 2.21. The van der Waals surface area contributed by atoms with Crippen LogP contribution < -0.4 is 5.32 Å². The van der Waals surface area contributed by atoms with E-state index in [1.807, 2.05) is 17.8 Å². The quantitative estimate of drug-likeness (QED) is 0.876. The Labute approximate surface area is 98.5 Å². The molecule has 2 rings (SSSR count). The molecule has 2 aromatic rings. The van der Waals surface area contributed by atoms with Crippen LogP contribution in [0.15, 0.2) is 24.7 Å². The number of aryl methyl sites for hydroxylation is 1. The van der Waals surface area contributed by atoms with Crippen molar-refractivity contribution in [2.24, 2.45) is 7.05 Å². The highest BCUT2D eigenvalue weighted by molar-refractivity contribution is 6.30. The van der Waals surface area contributed by atoms with Crippen molar-refractivity contribution in [3.8, 4) is 0 Å². The van der Waals surface area contributed by atoms with Crippen molar-refractivity contribution in [3.05, 3.63) is 35.4 Å². The summed E-state index contributed by atoms with van der Waals surface area (Å²) in [7, 11) is 1.92. The molecule has 6 heteroatoms. The number of nitrogens with zero attached hydrogens (tertiary/aromatic N) is 4. The molecule has 0 aliphatic heterocycles. The average molecular weight is 238 g/mol. The average Bonchev–Trinajstić information content (AvgIpc) is 2.68. The second kappa shape index (κ2) is 4.94. The third kappa shape index (κ3) is 2.70. The third-order valence-corrected chi connectivity index (χ3v) is 2.40. The van der Waals surface area contributed by atoms with Gasteiger partial charge >= 0.3 is 0 Å². The molecule has 0 radical (unpaired) electrons. The molecule has 5 nitrogen and oxygen atoms in total. The summed E-state index contributed by atoms with van der Waals surface area (Å²) in [6.45, 7) is 0.765. The fraction of sp³-hybridized carbons (Fsp3) is 0.300. The highest BCUT2D eigenvalue weighted by atomic mass is 35.5. The summed E-state index contributed by atoms with van der Waals surface area (Å²) in [5.41, 5.74) is 1.17. The van der Waals surface area contributed by atoms with E-state index in [2.05, 4.69) is 20.4 Å². The van der Waals surface area contributed by atoms with E-state index in [-0.39, 0.29) is 0 Å². The van der Waals surface area contributed by atoms with Gasteiger partial charge in [-0.2, -0.15) is 5.10 Å². The first-order chi connectivity index (χ1) is 7.75. The molecule has 2 aromatic heterocycles. The van der Waals surface area contributed by atoms with Crippen LogP contribution in [0.2, 0.25) is 5.02 Å². The zero-order valence-electron chi connectivity index (χ0n) is 8.89. The van der Waals surface area contributed by atoms with Gasteiger partial charge in [0.25, 0.3) is 0 Å². The summed E-state index contributed by atoms with van der Waals surface area (Å²) in [6, 6.07) is 1.99. The highest BCUT2D eigenvalue weighted by Crippen LogP contribution is 2.05. The fourth-order valence-electron chi connectivity index (χ4n) is 1.35. The Morgan fingerprint density at radius 3 is 2.75 bits per heavy atom. The first kappa shape index (κ1) is 10.9. The first-order valence-corrected chi connectivity index (χ1v) is 5.32. The van der Waals surface area contributed by atoms with Gasteiger partial charge in [-0.05, 0) is 6.07 Å². The molecule has 0 aliphatic carbocycles. The van der Waals surface area contributed by atoms with Crippen molar-refractivity contribution < 1.29 is 0 Å². The Hall–Kier alpha value is -1.62. The van der Waals surface area contributed by atoms with Gasteiger partial charge in [0.05, 0.1) is 17.4 Å². The Bertz CT molecular complexity index is 450. The van der Waals surface area contributed by atoms with E-state index in [0.29, 0.717) is 11.0 Å². The molecule has 2 heterocycles. The molecule has 0 atom stereocenters. The highest BCUT2D eigenvalue weighted by Gasteiger charge is 1.99. The lowest BCUT2D eigenvalue weighted by atomic mass is 10.3. The summed E-state index contributed by atoms with van der Waals surface area (Å²) in [5.74, 6) is 0.589. The number of rotatable bonds is 4. The molecular formula is C10H12ClN5. The molecule has 84 valence electrons. The standard InChI is InChI=1S/C10H12ClN5/c1-16-9(3-5-15-16)2-4-12-10-13-6-8(11)7-14-10/h3,5-7H,2,4H2,1H3,(H,12,13,14). The summed E-state index contributed by atoms with van der Waals surface area (Å²) in [6.07, 6.45) is 5.80.